The zero-order chi connectivity index (χ0) is 40.2. The molecule has 4 aliphatic rings. The predicted molar refractivity (Wildman–Crippen MR) is 220 cm³/mol. The molecular formula is C47H42N6O6. The molecule has 0 radical (unpaired) electrons. The topological polar surface area (TPSA) is 157 Å². The third kappa shape index (κ3) is 5.32. The van der Waals surface area contributed by atoms with Gasteiger partial charge in [0.2, 0.25) is 23.6 Å². The number of aromatic nitrogens is 3. The number of ether oxygens (including phenoxy) is 2. The number of hydrogen-bond acceptors (Lipinski definition) is 9. The van der Waals surface area contributed by atoms with Crippen LogP contribution in [0.25, 0.3) is 44.9 Å². The number of amides is 2. The van der Waals surface area contributed by atoms with Gasteiger partial charge in [0.1, 0.15) is 29.4 Å². The summed E-state index contributed by atoms with van der Waals surface area (Å²) in [6, 6.07) is 26.6. The van der Waals surface area contributed by atoms with Crippen LogP contribution in [0, 0.1) is 11.8 Å². The van der Waals surface area contributed by atoms with Crippen LogP contribution >= 0.6 is 0 Å². The number of carbonyl (C=O) groups is 2. The molecule has 4 aromatic carbocycles. The van der Waals surface area contributed by atoms with Gasteiger partial charge in [-0.1, -0.05) is 100 Å². The smallest absolute Gasteiger partial charge is 0.250 e. The van der Waals surface area contributed by atoms with E-state index in [-0.39, 0.29) is 42.6 Å². The Bertz CT molecular complexity index is 2820. The monoisotopic (exact) mass is 786 g/mol. The van der Waals surface area contributed by atoms with Gasteiger partial charge in [0.15, 0.2) is 23.4 Å². The lowest BCUT2D eigenvalue weighted by atomic mass is 9.72. The first-order valence-corrected chi connectivity index (χ1v) is 20.2. The van der Waals surface area contributed by atoms with E-state index in [1.807, 2.05) is 82.4 Å². The molecule has 5 atom stereocenters. The maximum Gasteiger partial charge on any atom is 0.250 e. The number of anilines is 1. The number of nitrogens with zero attached hydrogens (tertiary/aromatic N) is 2. The highest BCUT2D eigenvalue weighted by Gasteiger charge is 2.61. The number of H-pyrrole nitrogens is 1. The van der Waals surface area contributed by atoms with Gasteiger partial charge in [-0.2, -0.15) is 0 Å². The molecule has 4 N–H and O–H groups in total. The lowest BCUT2D eigenvalue weighted by molar-refractivity contribution is -0.140. The highest BCUT2D eigenvalue weighted by molar-refractivity contribution is 6.07. The van der Waals surface area contributed by atoms with Gasteiger partial charge >= 0.3 is 0 Å². The Morgan fingerprint density at radius 3 is 2.59 bits per heavy atom. The Morgan fingerprint density at radius 1 is 0.932 bits per heavy atom. The number of hydrogen-bond donors (Lipinski definition) is 4. The number of aromatic amines is 1. The van der Waals surface area contributed by atoms with E-state index in [0.29, 0.717) is 28.9 Å². The van der Waals surface area contributed by atoms with Crippen molar-refractivity contribution in [1.82, 2.24) is 25.6 Å². The molecule has 3 aromatic heterocycles. The van der Waals surface area contributed by atoms with Gasteiger partial charge in [0, 0.05) is 51.5 Å². The minimum absolute atomic E-state index is 0.156. The fraction of sp³-hybridized carbons (Fsp3) is 0.277. The van der Waals surface area contributed by atoms with E-state index in [4.69, 9.17) is 28.3 Å². The molecule has 1 spiro atoms. The first-order valence-electron chi connectivity index (χ1n) is 20.2. The van der Waals surface area contributed by atoms with Crippen LogP contribution in [-0.2, 0) is 32.8 Å². The molecule has 0 fully saturated rings. The van der Waals surface area contributed by atoms with Crippen LogP contribution < -0.4 is 20.7 Å². The highest BCUT2D eigenvalue weighted by Crippen LogP contribution is 2.61. The fourth-order valence-electron chi connectivity index (χ4n) is 9.44. The second kappa shape index (κ2) is 13.2. The minimum Gasteiger partial charge on any atom is -0.469 e. The van der Waals surface area contributed by atoms with Crippen molar-refractivity contribution >= 4 is 28.4 Å². The largest absolute Gasteiger partial charge is 0.469 e. The van der Waals surface area contributed by atoms with Gasteiger partial charge in [-0.25, -0.2) is 9.97 Å². The predicted octanol–water partition coefficient (Wildman–Crippen LogP) is 8.03. The van der Waals surface area contributed by atoms with Crippen LogP contribution in [0.3, 0.4) is 0 Å². The zero-order valence-electron chi connectivity index (χ0n) is 33.0. The molecule has 1 unspecified atom stereocenters. The van der Waals surface area contributed by atoms with Gasteiger partial charge in [0.25, 0.3) is 0 Å². The molecule has 12 heteroatoms. The van der Waals surface area contributed by atoms with Crippen molar-refractivity contribution in [2.45, 2.75) is 70.6 Å². The Balaban J connectivity index is 1.10. The number of benzene rings is 4. The van der Waals surface area contributed by atoms with Crippen LogP contribution in [0.5, 0.6) is 5.75 Å². The molecule has 59 heavy (non-hydrogen) atoms. The summed E-state index contributed by atoms with van der Waals surface area (Å²) in [5, 5.41) is 11.1. The van der Waals surface area contributed by atoms with E-state index in [9.17, 15) is 9.59 Å². The Kier molecular flexibility index (Phi) is 7.93. The molecular weight excluding hydrogens is 745 g/mol. The van der Waals surface area contributed by atoms with E-state index < -0.39 is 29.8 Å². The Morgan fingerprint density at radius 2 is 1.76 bits per heavy atom. The average molecular weight is 787 g/mol. The summed E-state index contributed by atoms with van der Waals surface area (Å²) in [5.41, 5.74) is 7.70. The molecule has 7 aromatic rings. The average Bonchev–Trinajstić information content (AvgIpc) is 4.06. The first kappa shape index (κ1) is 35.5. The van der Waals surface area contributed by atoms with Crippen LogP contribution in [0.4, 0.5) is 5.69 Å². The van der Waals surface area contributed by atoms with Gasteiger partial charge < -0.3 is 39.2 Å². The highest BCUT2D eigenvalue weighted by atomic mass is 16.5. The molecule has 12 nitrogen and oxygen atoms in total. The van der Waals surface area contributed by atoms with Crippen LogP contribution in [0.2, 0.25) is 0 Å². The second-order valence-electron chi connectivity index (χ2n) is 16.7. The van der Waals surface area contributed by atoms with E-state index >= 15 is 0 Å². The van der Waals surface area contributed by atoms with Gasteiger partial charge in [-0.05, 0) is 40.7 Å². The minimum atomic E-state index is -1.06. The maximum atomic E-state index is 14.6. The standard InChI is InChI=1S/C47H42N6O6/c1-23(2)37-45-52-39-41(59-45)47-30-14-8-13-28(27-12-9-15-32-36(27)29(20-48-32)35-21-49-44(39)57-35)38(30)53-46(47)58-34-17-16-26(18-31(34)47)19-33(42(54)51-37)50-43(55)40(24(3)4)56-22-25-10-6-5-7-11-25/h5-18,20-21,23-24,33,37,40,46,48,53H,19,22H2,1-4H3,(H,50,55)(H,51,54)/t33-,37-,40-,46?,47-/m0/s1. The third-order valence-electron chi connectivity index (χ3n) is 12.3. The SMILES string of the molecule is CC(C)[C@H](OCc1ccccc1)C(=O)N[C@H]1Cc2ccc3c(c2)[C@]24c5cccc(c5NC2O3)-c2cccc3[nH]cc(c23)-c2cnc(o2)-c2nc(oc24)[C@H](C(C)C)NC1=O. The number of carbonyl (C=O) groups excluding carboxylic acids is 2. The maximum absolute atomic E-state index is 14.6. The summed E-state index contributed by atoms with van der Waals surface area (Å²) in [6.45, 7) is 8.14. The van der Waals surface area contributed by atoms with E-state index in [1.54, 1.807) is 6.20 Å². The van der Waals surface area contributed by atoms with Crippen molar-refractivity contribution in [3.63, 3.8) is 0 Å². The summed E-state index contributed by atoms with van der Waals surface area (Å²) >= 11 is 0. The normalized spacial score (nSPS) is 21.3. The summed E-state index contributed by atoms with van der Waals surface area (Å²) in [5.74, 6) is 1.26. The van der Waals surface area contributed by atoms with Gasteiger partial charge in [0.05, 0.1) is 12.8 Å². The van der Waals surface area contributed by atoms with Crippen molar-refractivity contribution in [2.24, 2.45) is 11.8 Å². The molecule has 0 aliphatic carbocycles. The van der Waals surface area contributed by atoms with E-state index in [0.717, 1.165) is 55.5 Å². The van der Waals surface area contributed by atoms with Crippen LogP contribution in [-0.4, -0.2) is 45.1 Å². The molecule has 2 amide bonds. The Hall–Kier alpha value is -6.66. The molecule has 0 saturated heterocycles. The lowest BCUT2D eigenvalue weighted by Gasteiger charge is -2.29. The van der Waals surface area contributed by atoms with Crippen molar-refractivity contribution in [3.05, 3.63) is 131 Å². The molecule has 4 aliphatic heterocycles. The van der Waals surface area contributed by atoms with Gasteiger partial charge in [-0.3, -0.25) is 9.59 Å². The van der Waals surface area contributed by atoms with Crippen LogP contribution in [0.1, 0.15) is 67.6 Å². The summed E-state index contributed by atoms with van der Waals surface area (Å²) in [6.07, 6.45) is 2.45. The summed E-state index contributed by atoms with van der Waals surface area (Å²) in [4.78, 5) is 42.2. The van der Waals surface area contributed by atoms with Crippen molar-refractivity contribution in [2.75, 3.05) is 5.32 Å². The number of nitrogens with one attached hydrogen (secondary N) is 4. The first-order chi connectivity index (χ1) is 28.7. The summed E-state index contributed by atoms with van der Waals surface area (Å²) < 4.78 is 26.8. The molecule has 0 saturated carbocycles. The van der Waals surface area contributed by atoms with Gasteiger partial charge in [-0.15, -0.1) is 0 Å². The number of fused-ring (bicyclic) bond motifs is 7. The molecule has 11 rings (SSSR count). The molecule has 296 valence electrons. The fourth-order valence-corrected chi connectivity index (χ4v) is 9.44. The van der Waals surface area contributed by atoms with Crippen LogP contribution in [0.15, 0.2) is 106 Å². The molecule has 10 bridgehead atoms. The lowest BCUT2D eigenvalue weighted by Crippen LogP contribution is -2.53. The quantitative estimate of drug-likeness (QED) is 0.126. The summed E-state index contributed by atoms with van der Waals surface area (Å²) in [7, 11) is 0. The molecule has 7 heterocycles. The van der Waals surface area contributed by atoms with Crippen molar-refractivity contribution < 1.29 is 27.9 Å². The number of rotatable bonds is 7. The second-order valence-corrected chi connectivity index (χ2v) is 16.7. The van der Waals surface area contributed by atoms with E-state index in [1.165, 1.54) is 0 Å². The number of para-hydroxylation sites is 1. The van der Waals surface area contributed by atoms with Crippen molar-refractivity contribution in [1.29, 1.82) is 0 Å². The Labute approximate surface area is 339 Å². The third-order valence-corrected chi connectivity index (χ3v) is 12.3. The zero-order valence-corrected chi connectivity index (χ0v) is 33.0. The van der Waals surface area contributed by atoms with Crippen molar-refractivity contribution in [3.8, 4) is 39.8 Å². The van der Waals surface area contributed by atoms with E-state index in [2.05, 4.69) is 57.3 Å². The number of oxazole rings is 2.